The number of nitrogens with one attached hydrogen (secondary N) is 1. The quantitative estimate of drug-likeness (QED) is 0.907. The molecule has 26 heavy (non-hydrogen) atoms. The Morgan fingerprint density at radius 1 is 1.08 bits per heavy atom. The number of pyridine rings is 1. The van der Waals surface area contributed by atoms with Crippen molar-refractivity contribution in [1.82, 2.24) is 9.88 Å². The Bertz CT molecular complexity index is 830. The average molecular weight is 363 g/mol. The lowest BCUT2D eigenvalue weighted by Crippen LogP contribution is -2.28. The number of alkyl halides is 3. The van der Waals surface area contributed by atoms with E-state index >= 15 is 0 Å². The number of aromatic nitrogens is 1. The van der Waals surface area contributed by atoms with Crippen LogP contribution < -0.4 is 5.32 Å². The van der Waals surface area contributed by atoms with Crippen molar-refractivity contribution in [3.63, 3.8) is 0 Å². The summed E-state index contributed by atoms with van der Waals surface area (Å²) < 4.78 is 38.3. The van der Waals surface area contributed by atoms with Crippen LogP contribution in [0.15, 0.2) is 42.6 Å². The van der Waals surface area contributed by atoms with E-state index in [0.29, 0.717) is 13.1 Å². The maximum absolute atomic E-state index is 12.8. The van der Waals surface area contributed by atoms with Gasteiger partial charge in [-0.25, -0.2) is 0 Å². The third-order valence-electron chi connectivity index (χ3n) is 4.08. The van der Waals surface area contributed by atoms with Crippen molar-refractivity contribution in [2.75, 3.05) is 18.4 Å². The van der Waals surface area contributed by atoms with Crippen molar-refractivity contribution in [3.8, 4) is 0 Å². The Morgan fingerprint density at radius 3 is 2.50 bits per heavy atom. The van der Waals surface area contributed by atoms with Crippen LogP contribution in [0, 0.1) is 0 Å². The van der Waals surface area contributed by atoms with Gasteiger partial charge in [0.15, 0.2) is 0 Å². The number of anilines is 1. The molecule has 0 atom stereocenters. The van der Waals surface area contributed by atoms with E-state index in [-0.39, 0.29) is 22.9 Å². The first-order valence-corrected chi connectivity index (χ1v) is 8.08. The first kappa shape index (κ1) is 17.9. The maximum Gasteiger partial charge on any atom is 0.416 e. The van der Waals surface area contributed by atoms with Gasteiger partial charge in [-0.05, 0) is 43.2 Å². The van der Waals surface area contributed by atoms with Crippen LogP contribution in [0.2, 0.25) is 0 Å². The normalized spacial score (nSPS) is 14.3. The molecule has 1 aliphatic rings. The molecule has 0 spiro atoms. The van der Waals surface area contributed by atoms with Crippen LogP contribution in [0.4, 0.5) is 18.9 Å². The first-order chi connectivity index (χ1) is 12.3. The Morgan fingerprint density at radius 2 is 1.81 bits per heavy atom. The molecule has 0 radical (unpaired) electrons. The molecule has 1 N–H and O–H groups in total. The summed E-state index contributed by atoms with van der Waals surface area (Å²) >= 11 is 0. The van der Waals surface area contributed by atoms with E-state index in [4.69, 9.17) is 0 Å². The standard InChI is InChI=1S/C18H16F3N3O2/c19-18(20,21)13-4-3-5-14(11-13)23-16(25)12-6-7-22-15(10-12)17(26)24-8-1-2-9-24/h3-7,10-11H,1-2,8-9H2,(H,23,25). The first-order valence-electron chi connectivity index (χ1n) is 8.08. The van der Waals surface area contributed by atoms with Crippen LogP contribution in [0.1, 0.15) is 39.3 Å². The highest BCUT2D eigenvalue weighted by atomic mass is 19.4. The largest absolute Gasteiger partial charge is 0.416 e. The number of benzene rings is 1. The molecule has 8 heteroatoms. The lowest BCUT2D eigenvalue weighted by Gasteiger charge is -2.15. The minimum Gasteiger partial charge on any atom is -0.337 e. The molecule has 0 unspecified atom stereocenters. The average Bonchev–Trinajstić information content (AvgIpc) is 3.15. The Balaban J connectivity index is 1.76. The molecule has 5 nitrogen and oxygen atoms in total. The highest BCUT2D eigenvalue weighted by Gasteiger charge is 2.30. The molecule has 1 aromatic heterocycles. The van der Waals surface area contributed by atoms with Gasteiger partial charge in [-0.3, -0.25) is 14.6 Å². The van der Waals surface area contributed by atoms with Crippen molar-refractivity contribution in [2.45, 2.75) is 19.0 Å². The Labute approximate surface area is 147 Å². The lowest BCUT2D eigenvalue weighted by molar-refractivity contribution is -0.137. The summed E-state index contributed by atoms with van der Waals surface area (Å²) in [5, 5.41) is 2.41. The fourth-order valence-corrected chi connectivity index (χ4v) is 2.75. The highest BCUT2D eigenvalue weighted by Crippen LogP contribution is 2.30. The molecule has 136 valence electrons. The van der Waals surface area contributed by atoms with Gasteiger partial charge in [0, 0.05) is 30.5 Å². The van der Waals surface area contributed by atoms with Crippen LogP contribution in [0.3, 0.4) is 0 Å². The van der Waals surface area contributed by atoms with Crippen molar-refractivity contribution < 1.29 is 22.8 Å². The number of hydrogen-bond acceptors (Lipinski definition) is 3. The van der Waals surface area contributed by atoms with E-state index in [1.807, 2.05) is 0 Å². The monoisotopic (exact) mass is 363 g/mol. The molecular formula is C18H16F3N3O2. The van der Waals surface area contributed by atoms with E-state index in [9.17, 15) is 22.8 Å². The molecule has 1 aromatic carbocycles. The molecule has 1 fully saturated rings. The maximum atomic E-state index is 12.8. The van der Waals surface area contributed by atoms with E-state index in [2.05, 4.69) is 10.3 Å². The number of hydrogen-bond donors (Lipinski definition) is 1. The number of likely N-dealkylation sites (tertiary alicyclic amines) is 1. The smallest absolute Gasteiger partial charge is 0.337 e. The summed E-state index contributed by atoms with van der Waals surface area (Å²) in [4.78, 5) is 30.3. The lowest BCUT2D eigenvalue weighted by atomic mass is 10.1. The molecule has 1 aliphatic heterocycles. The summed E-state index contributed by atoms with van der Waals surface area (Å²) in [6, 6.07) is 7.12. The molecule has 0 aliphatic carbocycles. The van der Waals surface area contributed by atoms with Gasteiger partial charge in [0.25, 0.3) is 11.8 Å². The topological polar surface area (TPSA) is 62.3 Å². The Kier molecular flexibility index (Phi) is 4.92. The van der Waals surface area contributed by atoms with Gasteiger partial charge in [-0.2, -0.15) is 13.2 Å². The summed E-state index contributed by atoms with van der Waals surface area (Å²) in [7, 11) is 0. The fraction of sp³-hybridized carbons (Fsp3) is 0.278. The van der Waals surface area contributed by atoms with Gasteiger partial charge in [0.05, 0.1) is 5.56 Å². The zero-order valence-electron chi connectivity index (χ0n) is 13.7. The fourth-order valence-electron chi connectivity index (χ4n) is 2.75. The number of amides is 2. The molecule has 2 amide bonds. The Hall–Kier alpha value is -2.90. The predicted octanol–water partition coefficient (Wildman–Crippen LogP) is 3.59. The number of nitrogens with zero attached hydrogens (tertiary/aromatic N) is 2. The van der Waals surface area contributed by atoms with E-state index in [1.165, 1.54) is 30.5 Å². The van der Waals surface area contributed by atoms with Crippen molar-refractivity contribution >= 4 is 17.5 Å². The second-order valence-electron chi connectivity index (χ2n) is 5.96. The van der Waals surface area contributed by atoms with Gasteiger partial charge in [-0.1, -0.05) is 6.07 Å². The van der Waals surface area contributed by atoms with Crippen LogP contribution >= 0.6 is 0 Å². The van der Waals surface area contributed by atoms with Crippen molar-refractivity contribution in [1.29, 1.82) is 0 Å². The number of carbonyl (C=O) groups excluding carboxylic acids is 2. The number of rotatable bonds is 3. The number of carbonyl (C=O) groups is 2. The van der Waals surface area contributed by atoms with Gasteiger partial charge >= 0.3 is 6.18 Å². The summed E-state index contributed by atoms with van der Waals surface area (Å²) in [5.74, 6) is -0.863. The second-order valence-corrected chi connectivity index (χ2v) is 5.96. The minimum atomic E-state index is -4.49. The molecule has 0 saturated carbocycles. The highest BCUT2D eigenvalue weighted by molar-refractivity contribution is 6.05. The van der Waals surface area contributed by atoms with Crippen molar-refractivity contribution in [3.05, 3.63) is 59.4 Å². The summed E-state index contributed by atoms with van der Waals surface area (Å²) in [6.45, 7) is 1.31. The zero-order valence-corrected chi connectivity index (χ0v) is 13.7. The third kappa shape index (κ3) is 4.01. The zero-order chi connectivity index (χ0) is 18.7. The van der Waals surface area contributed by atoms with Crippen LogP contribution in [0.25, 0.3) is 0 Å². The predicted molar refractivity (Wildman–Crippen MR) is 88.8 cm³/mol. The van der Waals surface area contributed by atoms with E-state index < -0.39 is 17.6 Å². The van der Waals surface area contributed by atoms with Gasteiger partial charge in [-0.15, -0.1) is 0 Å². The SMILES string of the molecule is O=C(Nc1cccc(C(F)(F)F)c1)c1ccnc(C(=O)N2CCCC2)c1. The van der Waals surface area contributed by atoms with Crippen LogP contribution in [-0.4, -0.2) is 34.8 Å². The van der Waals surface area contributed by atoms with Gasteiger partial charge in [0.1, 0.15) is 5.69 Å². The molecule has 2 aromatic rings. The molecule has 3 rings (SSSR count). The molecule has 0 bridgehead atoms. The molecule has 2 heterocycles. The minimum absolute atomic E-state index is 0.0223. The number of halogens is 3. The van der Waals surface area contributed by atoms with Gasteiger partial charge in [0.2, 0.25) is 0 Å². The van der Waals surface area contributed by atoms with Crippen molar-refractivity contribution in [2.24, 2.45) is 0 Å². The van der Waals surface area contributed by atoms with E-state index in [0.717, 1.165) is 25.0 Å². The van der Waals surface area contributed by atoms with Gasteiger partial charge < -0.3 is 10.2 Å². The van der Waals surface area contributed by atoms with Crippen LogP contribution in [-0.2, 0) is 6.18 Å². The molecular weight excluding hydrogens is 347 g/mol. The third-order valence-corrected chi connectivity index (χ3v) is 4.08. The van der Waals surface area contributed by atoms with E-state index in [1.54, 1.807) is 4.90 Å². The van der Waals surface area contributed by atoms with Crippen LogP contribution in [0.5, 0.6) is 0 Å². The molecule has 1 saturated heterocycles. The second kappa shape index (κ2) is 7.15. The summed E-state index contributed by atoms with van der Waals surface area (Å²) in [6.07, 6.45) is -1.29. The summed E-state index contributed by atoms with van der Waals surface area (Å²) in [5.41, 5.74) is -0.535.